The molecule has 1 aliphatic heterocycles. The van der Waals surface area contributed by atoms with Crippen LogP contribution in [-0.2, 0) is 9.59 Å². The summed E-state index contributed by atoms with van der Waals surface area (Å²) in [6.07, 6.45) is 1.53. The molecule has 0 aliphatic carbocycles. The SMILES string of the molecule is Cc1ccc2c(c1)SCC(=O)N2C(C(=N)c1ccccn1)C(=O)NN. The van der Waals surface area contributed by atoms with E-state index < -0.39 is 11.9 Å². The smallest absolute Gasteiger partial charge is 0.263 e. The van der Waals surface area contributed by atoms with E-state index in [1.165, 1.54) is 22.9 Å². The van der Waals surface area contributed by atoms with Gasteiger partial charge < -0.3 is 5.41 Å². The molecule has 128 valence electrons. The van der Waals surface area contributed by atoms with Gasteiger partial charge in [0, 0.05) is 11.1 Å². The molecule has 8 heteroatoms. The van der Waals surface area contributed by atoms with Crippen molar-refractivity contribution in [2.75, 3.05) is 10.7 Å². The second kappa shape index (κ2) is 7.04. The van der Waals surface area contributed by atoms with E-state index >= 15 is 0 Å². The number of hydrazine groups is 1. The Morgan fingerprint density at radius 2 is 2.20 bits per heavy atom. The van der Waals surface area contributed by atoms with Gasteiger partial charge in [0.05, 0.1) is 22.8 Å². The van der Waals surface area contributed by atoms with Crippen LogP contribution in [0.5, 0.6) is 0 Å². The van der Waals surface area contributed by atoms with Crippen molar-refractivity contribution in [3.05, 3.63) is 53.9 Å². The fourth-order valence-corrected chi connectivity index (χ4v) is 3.68. The van der Waals surface area contributed by atoms with Crippen molar-refractivity contribution in [2.45, 2.75) is 17.9 Å². The number of carbonyl (C=O) groups is 2. The van der Waals surface area contributed by atoms with Crippen molar-refractivity contribution >= 4 is 35.0 Å². The maximum Gasteiger partial charge on any atom is 0.263 e. The normalized spacial score (nSPS) is 14.6. The minimum atomic E-state index is -1.19. The Hall–Kier alpha value is -2.71. The van der Waals surface area contributed by atoms with E-state index in [2.05, 4.69) is 10.4 Å². The van der Waals surface area contributed by atoms with Crippen LogP contribution in [0.2, 0.25) is 0 Å². The lowest BCUT2D eigenvalue weighted by Gasteiger charge is -2.34. The summed E-state index contributed by atoms with van der Waals surface area (Å²) in [5.41, 5.74) is 3.95. The monoisotopic (exact) mass is 355 g/mol. The molecule has 4 N–H and O–H groups in total. The third-order valence-corrected chi connectivity index (χ3v) is 4.89. The molecule has 1 aliphatic rings. The Morgan fingerprint density at radius 3 is 2.88 bits per heavy atom. The molecular weight excluding hydrogens is 338 g/mol. The highest BCUT2D eigenvalue weighted by atomic mass is 32.2. The Labute approximate surface area is 149 Å². The summed E-state index contributed by atoms with van der Waals surface area (Å²) in [7, 11) is 0. The number of pyridine rings is 1. The van der Waals surface area contributed by atoms with Crippen molar-refractivity contribution < 1.29 is 9.59 Å². The molecule has 1 aromatic carbocycles. The van der Waals surface area contributed by atoms with E-state index in [0.29, 0.717) is 11.4 Å². The molecule has 7 nitrogen and oxygen atoms in total. The second-order valence-corrected chi connectivity index (χ2v) is 6.58. The number of hydrogen-bond donors (Lipinski definition) is 3. The van der Waals surface area contributed by atoms with Gasteiger partial charge in [0.25, 0.3) is 5.91 Å². The molecule has 0 spiro atoms. The van der Waals surface area contributed by atoms with E-state index in [1.54, 1.807) is 24.3 Å². The number of nitrogens with two attached hydrogens (primary N) is 1. The first-order valence-corrected chi connectivity index (χ1v) is 8.57. The number of benzene rings is 1. The lowest BCUT2D eigenvalue weighted by molar-refractivity contribution is -0.124. The highest BCUT2D eigenvalue weighted by Crippen LogP contribution is 2.37. The molecule has 25 heavy (non-hydrogen) atoms. The molecule has 0 radical (unpaired) electrons. The molecule has 1 atom stereocenters. The zero-order valence-corrected chi connectivity index (χ0v) is 14.3. The van der Waals surface area contributed by atoms with Crippen molar-refractivity contribution in [3.8, 4) is 0 Å². The van der Waals surface area contributed by atoms with Gasteiger partial charge in [0.1, 0.15) is 0 Å². The van der Waals surface area contributed by atoms with Gasteiger partial charge in [-0.05, 0) is 36.8 Å². The van der Waals surface area contributed by atoms with Gasteiger partial charge in [0.15, 0.2) is 6.04 Å². The number of aryl methyl sites for hydroxylation is 1. The van der Waals surface area contributed by atoms with Gasteiger partial charge in [-0.2, -0.15) is 0 Å². The number of rotatable bonds is 4. The van der Waals surface area contributed by atoms with Crippen LogP contribution in [-0.4, -0.2) is 34.3 Å². The van der Waals surface area contributed by atoms with Crippen LogP contribution in [0.1, 0.15) is 11.3 Å². The van der Waals surface area contributed by atoms with E-state index in [0.717, 1.165) is 10.5 Å². The van der Waals surface area contributed by atoms with Crippen molar-refractivity contribution in [3.63, 3.8) is 0 Å². The van der Waals surface area contributed by atoms with Gasteiger partial charge in [-0.3, -0.25) is 24.9 Å². The van der Waals surface area contributed by atoms with Crippen LogP contribution < -0.4 is 16.2 Å². The second-order valence-electron chi connectivity index (χ2n) is 5.56. The minimum absolute atomic E-state index is 0.0877. The lowest BCUT2D eigenvalue weighted by Crippen LogP contribution is -2.57. The number of aromatic nitrogens is 1. The van der Waals surface area contributed by atoms with Crippen LogP contribution in [0, 0.1) is 12.3 Å². The quantitative estimate of drug-likeness (QED) is 0.331. The van der Waals surface area contributed by atoms with Crippen molar-refractivity contribution in [1.82, 2.24) is 10.4 Å². The summed E-state index contributed by atoms with van der Waals surface area (Å²) in [5.74, 6) is 4.63. The molecule has 0 saturated heterocycles. The number of amides is 2. The predicted octanol–water partition coefficient (Wildman–Crippen LogP) is 1.26. The molecule has 2 heterocycles. The first-order chi connectivity index (χ1) is 12.0. The van der Waals surface area contributed by atoms with Crippen molar-refractivity contribution in [1.29, 1.82) is 5.41 Å². The average Bonchev–Trinajstić information content (AvgIpc) is 2.64. The molecule has 0 saturated carbocycles. The molecule has 3 rings (SSSR count). The average molecular weight is 355 g/mol. The Balaban J connectivity index is 2.09. The number of anilines is 1. The first-order valence-electron chi connectivity index (χ1n) is 7.58. The zero-order chi connectivity index (χ0) is 18.0. The topological polar surface area (TPSA) is 112 Å². The third kappa shape index (κ3) is 3.26. The predicted molar refractivity (Wildman–Crippen MR) is 96.6 cm³/mol. The van der Waals surface area contributed by atoms with Gasteiger partial charge in [-0.1, -0.05) is 12.1 Å². The third-order valence-electron chi connectivity index (χ3n) is 3.86. The highest BCUT2D eigenvalue weighted by molar-refractivity contribution is 8.00. The summed E-state index contributed by atoms with van der Waals surface area (Å²) in [4.78, 5) is 31.4. The summed E-state index contributed by atoms with van der Waals surface area (Å²) in [6, 6.07) is 9.49. The van der Waals surface area contributed by atoms with Gasteiger partial charge >= 0.3 is 0 Å². The number of thioether (sulfide) groups is 1. The standard InChI is InChI=1S/C17H17N5O2S/c1-10-5-6-12-13(8-10)25-9-14(23)22(12)16(17(24)21-19)15(18)11-4-2-3-7-20-11/h2-8,16,18H,9,19H2,1H3,(H,21,24). The molecule has 1 unspecified atom stereocenters. The molecule has 2 amide bonds. The minimum Gasteiger partial charge on any atom is -0.300 e. The van der Waals surface area contributed by atoms with E-state index in [1.807, 2.05) is 19.1 Å². The summed E-state index contributed by atoms with van der Waals surface area (Å²) < 4.78 is 0. The molecular formula is C17H17N5O2S. The molecule has 0 fully saturated rings. The molecule has 1 aromatic heterocycles. The fraction of sp³-hybridized carbons (Fsp3) is 0.176. The number of hydrogen-bond acceptors (Lipinski definition) is 6. The number of nitrogens with zero attached hydrogens (tertiary/aromatic N) is 2. The van der Waals surface area contributed by atoms with Gasteiger partial charge in [0.2, 0.25) is 5.91 Å². The number of nitrogens with one attached hydrogen (secondary N) is 2. The van der Waals surface area contributed by atoms with Crippen LogP contribution >= 0.6 is 11.8 Å². The van der Waals surface area contributed by atoms with Crippen LogP contribution in [0.4, 0.5) is 5.69 Å². The summed E-state index contributed by atoms with van der Waals surface area (Å²) in [5, 5.41) is 8.45. The maximum absolute atomic E-state index is 12.6. The van der Waals surface area contributed by atoms with Crippen LogP contribution in [0.25, 0.3) is 0 Å². The summed E-state index contributed by atoms with van der Waals surface area (Å²) >= 11 is 1.42. The Morgan fingerprint density at radius 1 is 1.40 bits per heavy atom. The Bertz CT molecular complexity index is 840. The maximum atomic E-state index is 12.6. The van der Waals surface area contributed by atoms with Crippen LogP contribution in [0.3, 0.4) is 0 Å². The molecule has 0 bridgehead atoms. The zero-order valence-electron chi connectivity index (χ0n) is 13.5. The number of fused-ring (bicyclic) bond motifs is 1. The highest BCUT2D eigenvalue weighted by Gasteiger charge is 2.38. The number of carbonyl (C=O) groups excluding carboxylic acids is 2. The van der Waals surface area contributed by atoms with E-state index in [9.17, 15) is 9.59 Å². The Kier molecular flexibility index (Phi) is 4.82. The molecule has 2 aromatic rings. The van der Waals surface area contributed by atoms with Gasteiger partial charge in [-0.15, -0.1) is 11.8 Å². The van der Waals surface area contributed by atoms with Gasteiger partial charge in [-0.25, -0.2) is 5.84 Å². The first kappa shape index (κ1) is 17.1. The summed E-state index contributed by atoms with van der Waals surface area (Å²) in [6.45, 7) is 1.96. The van der Waals surface area contributed by atoms with Crippen LogP contribution in [0.15, 0.2) is 47.5 Å². The largest absolute Gasteiger partial charge is 0.300 e. The van der Waals surface area contributed by atoms with E-state index in [-0.39, 0.29) is 17.4 Å². The lowest BCUT2D eigenvalue weighted by atomic mass is 10.0. The van der Waals surface area contributed by atoms with Crippen molar-refractivity contribution in [2.24, 2.45) is 5.84 Å². The van der Waals surface area contributed by atoms with E-state index in [4.69, 9.17) is 11.3 Å². The fourth-order valence-electron chi connectivity index (χ4n) is 2.68.